The van der Waals surface area contributed by atoms with Crippen LogP contribution < -0.4 is 10.1 Å². The molecule has 0 saturated carbocycles. The Kier molecular flexibility index (Phi) is 5.53. The molecule has 0 radical (unpaired) electrons. The third-order valence-corrected chi connectivity index (χ3v) is 6.23. The fraction of sp³-hybridized carbons (Fsp3) is 0.200. The summed E-state index contributed by atoms with van der Waals surface area (Å²) < 4.78 is 6.31. The molecule has 0 unspecified atom stereocenters. The van der Waals surface area contributed by atoms with Crippen molar-refractivity contribution in [3.8, 4) is 5.75 Å². The predicted molar refractivity (Wildman–Crippen MR) is 112 cm³/mol. The van der Waals surface area contributed by atoms with Crippen molar-refractivity contribution in [1.29, 1.82) is 0 Å². The van der Waals surface area contributed by atoms with Crippen LogP contribution in [0.1, 0.15) is 22.3 Å². The first-order valence-corrected chi connectivity index (χ1v) is 9.69. The maximum Gasteiger partial charge on any atom is 0.264 e. The van der Waals surface area contributed by atoms with Gasteiger partial charge in [-0.3, -0.25) is 4.79 Å². The van der Waals surface area contributed by atoms with Crippen molar-refractivity contribution < 1.29 is 9.53 Å². The smallest absolute Gasteiger partial charge is 0.264 e. The number of nitrogens with one attached hydrogen (secondary N) is 1. The van der Waals surface area contributed by atoms with Crippen LogP contribution in [-0.4, -0.2) is 18.2 Å². The number of benzene rings is 2. The molecule has 1 fully saturated rings. The monoisotopic (exact) mass is 430 g/mol. The number of amidine groups is 1. The number of rotatable bonds is 3. The summed E-state index contributed by atoms with van der Waals surface area (Å²) in [6.07, 6.45) is 1.88. The van der Waals surface area contributed by atoms with Crippen molar-refractivity contribution in [2.75, 3.05) is 7.11 Å². The number of methoxy groups -OCH3 is 1. The second-order valence-corrected chi connectivity index (χ2v) is 7.92. The third kappa shape index (κ3) is 4.02. The van der Waals surface area contributed by atoms with Gasteiger partial charge in [-0.25, -0.2) is 4.99 Å². The topological polar surface area (TPSA) is 50.7 Å². The van der Waals surface area contributed by atoms with Gasteiger partial charge >= 0.3 is 0 Å². The Labute approximate surface area is 165 Å². The zero-order chi connectivity index (χ0) is 18.8. The first-order chi connectivity index (χ1) is 12.4. The van der Waals surface area contributed by atoms with Crippen LogP contribution in [0.15, 0.2) is 44.7 Å². The molecule has 0 aromatic heterocycles. The molecule has 26 heavy (non-hydrogen) atoms. The Morgan fingerprint density at radius 2 is 1.81 bits per heavy atom. The average Bonchev–Trinajstić information content (AvgIpc) is 2.93. The van der Waals surface area contributed by atoms with Gasteiger partial charge < -0.3 is 10.1 Å². The van der Waals surface area contributed by atoms with Gasteiger partial charge in [-0.2, -0.15) is 0 Å². The highest BCUT2D eigenvalue weighted by molar-refractivity contribution is 9.10. The molecule has 1 aliphatic rings. The molecule has 0 aliphatic carbocycles. The number of ether oxygens (including phenoxy) is 1. The van der Waals surface area contributed by atoms with Gasteiger partial charge in [0.05, 0.1) is 17.7 Å². The van der Waals surface area contributed by atoms with Gasteiger partial charge in [0, 0.05) is 4.47 Å². The molecular weight excluding hydrogens is 412 g/mol. The number of halogens is 1. The van der Waals surface area contributed by atoms with E-state index in [-0.39, 0.29) is 5.91 Å². The molecule has 134 valence electrons. The second kappa shape index (κ2) is 7.68. The van der Waals surface area contributed by atoms with Gasteiger partial charge in [-0.1, -0.05) is 22.0 Å². The van der Waals surface area contributed by atoms with E-state index in [1.54, 1.807) is 7.11 Å². The Balaban J connectivity index is 1.87. The Morgan fingerprint density at radius 3 is 2.42 bits per heavy atom. The van der Waals surface area contributed by atoms with Gasteiger partial charge in [-0.05, 0) is 85.1 Å². The van der Waals surface area contributed by atoms with Crippen LogP contribution >= 0.6 is 27.7 Å². The summed E-state index contributed by atoms with van der Waals surface area (Å²) in [7, 11) is 1.64. The minimum Gasteiger partial charge on any atom is -0.497 e. The Bertz CT molecular complexity index is 928. The summed E-state index contributed by atoms with van der Waals surface area (Å²) in [4.78, 5) is 17.5. The van der Waals surface area contributed by atoms with Gasteiger partial charge in [0.25, 0.3) is 5.91 Å². The van der Waals surface area contributed by atoms with Gasteiger partial charge in [-0.15, -0.1) is 0 Å². The van der Waals surface area contributed by atoms with Crippen molar-refractivity contribution in [2.45, 2.75) is 20.8 Å². The predicted octanol–water partition coefficient (Wildman–Crippen LogP) is 5.27. The number of aliphatic imine (C=N–C) groups is 1. The summed E-state index contributed by atoms with van der Waals surface area (Å²) in [5.74, 6) is 0.672. The van der Waals surface area contributed by atoms with E-state index in [1.165, 1.54) is 11.8 Å². The lowest BCUT2D eigenvalue weighted by Crippen LogP contribution is -2.19. The molecule has 0 atom stereocenters. The molecule has 1 heterocycles. The van der Waals surface area contributed by atoms with Crippen molar-refractivity contribution >= 4 is 50.5 Å². The number of nitrogens with zero attached hydrogens (tertiary/aromatic N) is 1. The van der Waals surface area contributed by atoms with Gasteiger partial charge in [0.2, 0.25) is 0 Å². The van der Waals surface area contributed by atoms with Crippen LogP contribution in [0.25, 0.3) is 6.08 Å². The Hall–Kier alpha value is -2.05. The van der Waals surface area contributed by atoms with Crippen molar-refractivity contribution in [1.82, 2.24) is 5.32 Å². The lowest BCUT2D eigenvalue weighted by atomic mass is 10.1. The summed E-state index contributed by atoms with van der Waals surface area (Å²) >= 11 is 4.91. The molecule has 1 aliphatic heterocycles. The highest BCUT2D eigenvalue weighted by Crippen LogP contribution is 2.31. The number of amides is 1. The van der Waals surface area contributed by atoms with Crippen molar-refractivity contribution in [2.24, 2.45) is 4.99 Å². The molecule has 6 heteroatoms. The fourth-order valence-electron chi connectivity index (χ4n) is 2.66. The van der Waals surface area contributed by atoms with Crippen molar-refractivity contribution in [3.05, 3.63) is 62.0 Å². The average molecular weight is 431 g/mol. The Morgan fingerprint density at radius 1 is 1.12 bits per heavy atom. The molecule has 0 spiro atoms. The number of thioether (sulfide) groups is 1. The molecule has 0 bridgehead atoms. The number of carbonyl (C=O) groups excluding carboxylic acids is 1. The third-order valence-electron chi connectivity index (χ3n) is 4.07. The van der Waals surface area contributed by atoms with E-state index in [0.717, 1.165) is 38.2 Å². The van der Waals surface area contributed by atoms with E-state index in [1.807, 2.05) is 57.2 Å². The minimum atomic E-state index is -0.130. The molecule has 2 aromatic rings. The van der Waals surface area contributed by atoms with Gasteiger partial charge in [0.1, 0.15) is 5.75 Å². The SMILES string of the molecule is COc1ccc(/C=C2\SC(=Nc3cc(C)c(Br)c(C)c3)NC2=O)c(C)c1. The largest absolute Gasteiger partial charge is 0.497 e. The molecule has 4 nitrogen and oxygen atoms in total. The maximum atomic E-state index is 12.3. The molecule has 2 aromatic carbocycles. The number of hydrogen-bond donors (Lipinski definition) is 1. The first kappa shape index (κ1) is 18.7. The van der Waals surface area contributed by atoms with E-state index >= 15 is 0 Å². The minimum absolute atomic E-state index is 0.130. The number of aryl methyl sites for hydroxylation is 3. The first-order valence-electron chi connectivity index (χ1n) is 8.08. The summed E-state index contributed by atoms with van der Waals surface area (Å²) in [6, 6.07) is 9.77. The maximum absolute atomic E-state index is 12.3. The lowest BCUT2D eigenvalue weighted by Gasteiger charge is -2.05. The normalized spacial score (nSPS) is 17.0. The number of carbonyl (C=O) groups is 1. The zero-order valence-corrected chi connectivity index (χ0v) is 17.4. The van der Waals surface area contributed by atoms with Crippen molar-refractivity contribution in [3.63, 3.8) is 0 Å². The van der Waals surface area contributed by atoms with E-state index < -0.39 is 0 Å². The van der Waals surface area contributed by atoms with Gasteiger partial charge in [0.15, 0.2) is 5.17 Å². The van der Waals surface area contributed by atoms with Crippen LogP contribution in [0.2, 0.25) is 0 Å². The highest BCUT2D eigenvalue weighted by Gasteiger charge is 2.24. The molecule has 1 amide bonds. The van der Waals surface area contributed by atoms with E-state index in [4.69, 9.17) is 4.74 Å². The van der Waals surface area contributed by atoms with Crippen LogP contribution in [0.5, 0.6) is 5.75 Å². The zero-order valence-electron chi connectivity index (χ0n) is 15.0. The summed E-state index contributed by atoms with van der Waals surface area (Å²) in [6.45, 7) is 6.05. The van der Waals surface area contributed by atoms with E-state index in [9.17, 15) is 4.79 Å². The molecule has 1 N–H and O–H groups in total. The second-order valence-electron chi connectivity index (χ2n) is 6.10. The standard InChI is InChI=1S/C20H19BrN2O2S/c1-11-9-16(25-4)6-5-14(11)10-17-19(24)23-20(26-17)22-15-7-12(2)18(21)13(3)8-15/h5-10H,1-4H3,(H,22,23,24)/b17-10-. The lowest BCUT2D eigenvalue weighted by molar-refractivity contribution is -0.115. The van der Waals surface area contributed by atoms with E-state index in [2.05, 4.69) is 26.2 Å². The van der Waals surface area contributed by atoms with Crippen LogP contribution in [0.3, 0.4) is 0 Å². The fourth-order valence-corrected chi connectivity index (χ4v) is 3.73. The van der Waals surface area contributed by atoms with Crippen LogP contribution in [-0.2, 0) is 4.79 Å². The quantitative estimate of drug-likeness (QED) is 0.674. The number of hydrogen-bond acceptors (Lipinski definition) is 4. The highest BCUT2D eigenvalue weighted by atomic mass is 79.9. The molecule has 1 saturated heterocycles. The summed E-state index contributed by atoms with van der Waals surface area (Å²) in [5, 5.41) is 3.43. The molecule has 3 rings (SSSR count). The van der Waals surface area contributed by atoms with Crippen LogP contribution in [0, 0.1) is 20.8 Å². The van der Waals surface area contributed by atoms with Crippen LogP contribution in [0.4, 0.5) is 5.69 Å². The molecular formula is C20H19BrN2O2S. The van der Waals surface area contributed by atoms with E-state index in [0.29, 0.717) is 10.1 Å². The summed E-state index contributed by atoms with van der Waals surface area (Å²) in [5.41, 5.74) is 5.09.